The van der Waals surface area contributed by atoms with Crippen molar-refractivity contribution < 1.29 is 26.9 Å². The van der Waals surface area contributed by atoms with E-state index in [0.29, 0.717) is 23.5 Å². The van der Waals surface area contributed by atoms with E-state index in [-0.39, 0.29) is 16.4 Å². The molecule has 0 bridgehead atoms. The number of aryl methyl sites for hydroxylation is 1. The van der Waals surface area contributed by atoms with Crippen LogP contribution in [0.2, 0.25) is 0 Å². The SMILES string of the molecule is COc1cc(/C=N\NC(=O)c2ccc(OCc3ccc(Br)cc3)cc2)ccc1OS(=O)(=O)c1ccc(C)cc1. The molecule has 0 saturated heterocycles. The molecule has 8 nitrogen and oxygen atoms in total. The van der Waals surface area contributed by atoms with E-state index in [4.69, 9.17) is 13.7 Å². The van der Waals surface area contributed by atoms with Gasteiger partial charge in [-0.2, -0.15) is 13.5 Å². The summed E-state index contributed by atoms with van der Waals surface area (Å²) in [6.45, 7) is 2.27. The molecule has 0 saturated carbocycles. The number of hydrogen-bond acceptors (Lipinski definition) is 7. The summed E-state index contributed by atoms with van der Waals surface area (Å²) in [5.74, 6) is 0.458. The topological polar surface area (TPSA) is 103 Å². The number of halogens is 1. The van der Waals surface area contributed by atoms with Gasteiger partial charge in [-0.15, -0.1) is 0 Å². The average molecular weight is 609 g/mol. The van der Waals surface area contributed by atoms with Crippen LogP contribution in [0.3, 0.4) is 0 Å². The Morgan fingerprint density at radius 3 is 2.28 bits per heavy atom. The zero-order valence-corrected chi connectivity index (χ0v) is 23.5. The highest BCUT2D eigenvalue weighted by molar-refractivity contribution is 9.10. The zero-order chi connectivity index (χ0) is 27.8. The largest absolute Gasteiger partial charge is 0.493 e. The third-order valence-electron chi connectivity index (χ3n) is 5.51. The lowest BCUT2D eigenvalue weighted by atomic mass is 10.2. The van der Waals surface area contributed by atoms with Crippen LogP contribution in [0.5, 0.6) is 17.2 Å². The van der Waals surface area contributed by atoms with E-state index >= 15 is 0 Å². The normalized spacial score (nSPS) is 11.3. The minimum absolute atomic E-state index is 0.0294. The number of ether oxygens (including phenoxy) is 2. The lowest BCUT2D eigenvalue weighted by Crippen LogP contribution is -2.17. The van der Waals surface area contributed by atoms with Crippen molar-refractivity contribution in [3.63, 3.8) is 0 Å². The number of benzene rings is 4. The molecule has 0 aliphatic rings. The number of methoxy groups -OCH3 is 1. The zero-order valence-electron chi connectivity index (χ0n) is 21.1. The fraction of sp³-hybridized carbons (Fsp3) is 0.103. The van der Waals surface area contributed by atoms with Gasteiger partial charge in [0.1, 0.15) is 17.3 Å². The monoisotopic (exact) mass is 608 g/mol. The molecule has 0 unspecified atom stereocenters. The molecule has 1 amide bonds. The minimum Gasteiger partial charge on any atom is -0.493 e. The van der Waals surface area contributed by atoms with Crippen molar-refractivity contribution in [2.75, 3.05) is 7.11 Å². The Bertz CT molecular complexity index is 1570. The second kappa shape index (κ2) is 12.6. The molecule has 200 valence electrons. The van der Waals surface area contributed by atoms with E-state index in [1.54, 1.807) is 48.5 Å². The lowest BCUT2D eigenvalue weighted by molar-refractivity contribution is 0.0955. The summed E-state index contributed by atoms with van der Waals surface area (Å²) in [6.07, 6.45) is 1.41. The highest BCUT2D eigenvalue weighted by Gasteiger charge is 2.19. The minimum atomic E-state index is -4.04. The highest BCUT2D eigenvalue weighted by atomic mass is 79.9. The molecule has 39 heavy (non-hydrogen) atoms. The van der Waals surface area contributed by atoms with Crippen molar-refractivity contribution in [2.45, 2.75) is 18.4 Å². The predicted octanol–water partition coefficient (Wildman–Crippen LogP) is 5.88. The first-order valence-electron chi connectivity index (χ1n) is 11.7. The van der Waals surface area contributed by atoms with Crippen LogP contribution in [0, 0.1) is 6.92 Å². The van der Waals surface area contributed by atoms with Gasteiger partial charge in [0.25, 0.3) is 5.91 Å². The summed E-state index contributed by atoms with van der Waals surface area (Å²) in [7, 11) is -2.64. The van der Waals surface area contributed by atoms with Gasteiger partial charge in [-0.25, -0.2) is 5.43 Å². The molecule has 0 aliphatic carbocycles. The fourth-order valence-corrected chi connectivity index (χ4v) is 4.59. The van der Waals surface area contributed by atoms with Crippen LogP contribution < -0.4 is 19.1 Å². The Labute approximate surface area is 235 Å². The van der Waals surface area contributed by atoms with Crippen molar-refractivity contribution in [3.05, 3.63) is 118 Å². The predicted molar refractivity (Wildman–Crippen MR) is 152 cm³/mol. The smallest absolute Gasteiger partial charge is 0.339 e. The van der Waals surface area contributed by atoms with Gasteiger partial charge in [0.15, 0.2) is 11.5 Å². The van der Waals surface area contributed by atoms with Crippen LogP contribution in [-0.2, 0) is 16.7 Å². The Kier molecular flexibility index (Phi) is 9.00. The third kappa shape index (κ3) is 7.68. The average Bonchev–Trinajstić information content (AvgIpc) is 2.93. The Hall–Kier alpha value is -4.15. The van der Waals surface area contributed by atoms with Gasteiger partial charge in [-0.1, -0.05) is 45.8 Å². The van der Waals surface area contributed by atoms with E-state index < -0.39 is 16.0 Å². The molecule has 0 aliphatic heterocycles. The second-order valence-corrected chi connectivity index (χ2v) is 10.9. The molecule has 1 N–H and O–H groups in total. The van der Waals surface area contributed by atoms with Gasteiger partial charge < -0.3 is 13.7 Å². The summed E-state index contributed by atoms with van der Waals surface area (Å²) < 4.78 is 42.6. The van der Waals surface area contributed by atoms with Gasteiger partial charge in [-0.05, 0) is 84.8 Å². The number of carbonyl (C=O) groups excluding carboxylic acids is 1. The van der Waals surface area contributed by atoms with Crippen molar-refractivity contribution >= 4 is 38.2 Å². The maximum absolute atomic E-state index is 12.6. The van der Waals surface area contributed by atoms with Crippen molar-refractivity contribution in [2.24, 2.45) is 5.10 Å². The number of hydrogen-bond donors (Lipinski definition) is 1. The Balaban J connectivity index is 1.34. The van der Waals surface area contributed by atoms with Crippen molar-refractivity contribution in [1.82, 2.24) is 5.43 Å². The summed E-state index contributed by atoms with van der Waals surface area (Å²) in [5.41, 5.74) is 5.39. The molecule has 0 fully saturated rings. The van der Waals surface area contributed by atoms with Crippen LogP contribution in [-0.4, -0.2) is 27.6 Å². The molecule has 0 aromatic heterocycles. The number of carbonyl (C=O) groups is 1. The lowest BCUT2D eigenvalue weighted by Gasteiger charge is -2.11. The van der Waals surface area contributed by atoms with Crippen LogP contribution in [0.15, 0.2) is 105 Å². The van der Waals surface area contributed by atoms with Gasteiger partial charge in [0, 0.05) is 10.0 Å². The van der Waals surface area contributed by atoms with Gasteiger partial charge in [0.2, 0.25) is 0 Å². The van der Waals surface area contributed by atoms with Gasteiger partial charge in [0.05, 0.1) is 13.3 Å². The third-order valence-corrected chi connectivity index (χ3v) is 7.29. The van der Waals surface area contributed by atoms with Crippen LogP contribution in [0.25, 0.3) is 0 Å². The van der Waals surface area contributed by atoms with Crippen molar-refractivity contribution in [1.29, 1.82) is 0 Å². The molecule has 0 atom stereocenters. The summed E-state index contributed by atoms with van der Waals surface area (Å²) in [5, 5.41) is 3.98. The number of hydrazone groups is 1. The first kappa shape index (κ1) is 27.9. The molecule has 4 aromatic carbocycles. The quantitative estimate of drug-likeness (QED) is 0.137. The standard InChI is InChI=1S/C29H25BrN2O6S/c1-20-3-14-26(15-4-20)39(34,35)38-27-16-7-22(17-28(27)36-2)18-31-32-29(33)23-8-12-25(13-9-23)37-19-21-5-10-24(30)11-6-21/h3-18H,19H2,1-2H3,(H,32,33)/b31-18-. The molecule has 0 heterocycles. The number of nitrogens with one attached hydrogen (secondary N) is 1. The van der Waals surface area contributed by atoms with E-state index in [2.05, 4.69) is 26.5 Å². The summed E-state index contributed by atoms with van der Waals surface area (Å²) in [6, 6.07) is 25.5. The number of nitrogens with zero attached hydrogens (tertiary/aromatic N) is 1. The Morgan fingerprint density at radius 2 is 1.62 bits per heavy atom. The van der Waals surface area contributed by atoms with E-state index in [1.807, 2.05) is 31.2 Å². The van der Waals surface area contributed by atoms with Crippen molar-refractivity contribution in [3.8, 4) is 17.2 Å². The van der Waals surface area contributed by atoms with Crippen LogP contribution >= 0.6 is 15.9 Å². The van der Waals surface area contributed by atoms with E-state index in [0.717, 1.165) is 15.6 Å². The summed E-state index contributed by atoms with van der Waals surface area (Å²) >= 11 is 3.40. The number of amides is 1. The van der Waals surface area contributed by atoms with E-state index in [1.165, 1.54) is 31.5 Å². The maximum atomic E-state index is 12.6. The van der Waals surface area contributed by atoms with Crippen LogP contribution in [0.4, 0.5) is 0 Å². The molecule has 0 spiro atoms. The molecule has 0 radical (unpaired) electrons. The highest BCUT2D eigenvalue weighted by Crippen LogP contribution is 2.30. The Morgan fingerprint density at radius 1 is 0.923 bits per heavy atom. The maximum Gasteiger partial charge on any atom is 0.339 e. The summed E-state index contributed by atoms with van der Waals surface area (Å²) in [4.78, 5) is 12.5. The fourth-order valence-electron chi connectivity index (χ4n) is 3.38. The molecule has 4 aromatic rings. The van der Waals surface area contributed by atoms with Gasteiger partial charge >= 0.3 is 10.1 Å². The molecular formula is C29H25BrN2O6S. The first-order chi connectivity index (χ1) is 18.7. The molecular weight excluding hydrogens is 584 g/mol. The molecule has 4 rings (SSSR count). The second-order valence-electron chi connectivity index (χ2n) is 8.40. The van der Waals surface area contributed by atoms with E-state index in [9.17, 15) is 13.2 Å². The van der Waals surface area contributed by atoms with Crippen LogP contribution in [0.1, 0.15) is 27.0 Å². The number of rotatable bonds is 10. The first-order valence-corrected chi connectivity index (χ1v) is 13.9. The van der Waals surface area contributed by atoms with Gasteiger partial charge in [-0.3, -0.25) is 4.79 Å². The molecule has 10 heteroatoms.